The number of rotatable bonds is 0. The maximum absolute atomic E-state index is 11.1. The molecule has 2 nitrogen and oxygen atoms in total. The highest BCUT2D eigenvalue weighted by Gasteiger charge is 2.41. The molecule has 3 atom stereocenters. The summed E-state index contributed by atoms with van der Waals surface area (Å²) in [7, 11) is 0. The van der Waals surface area contributed by atoms with Gasteiger partial charge in [-0.15, -0.1) is 0 Å². The Kier molecular flexibility index (Phi) is 1.71. The molecule has 0 amide bonds. The first-order chi connectivity index (χ1) is 5.68. The molecule has 2 aliphatic rings. The van der Waals surface area contributed by atoms with E-state index in [-0.39, 0.29) is 12.1 Å². The third-order valence-electron chi connectivity index (χ3n) is 3.02. The summed E-state index contributed by atoms with van der Waals surface area (Å²) in [4.78, 5) is 11.1. The maximum atomic E-state index is 11.1. The molecule has 0 aromatic heterocycles. The van der Waals surface area contributed by atoms with Crippen LogP contribution in [-0.2, 0) is 9.53 Å². The van der Waals surface area contributed by atoms with Crippen molar-refractivity contribution < 1.29 is 9.53 Å². The number of hydrogen-bond acceptors (Lipinski definition) is 2. The topological polar surface area (TPSA) is 26.3 Å². The van der Waals surface area contributed by atoms with Crippen molar-refractivity contribution in [1.82, 2.24) is 0 Å². The molecule has 0 N–H and O–H groups in total. The van der Waals surface area contributed by atoms with Gasteiger partial charge < -0.3 is 4.74 Å². The normalized spacial score (nSPS) is 40.9. The van der Waals surface area contributed by atoms with E-state index in [0.29, 0.717) is 17.4 Å². The highest BCUT2D eigenvalue weighted by molar-refractivity contribution is 5.90. The van der Waals surface area contributed by atoms with Gasteiger partial charge in [-0.3, -0.25) is 0 Å². The summed E-state index contributed by atoms with van der Waals surface area (Å²) in [5.41, 5.74) is 0.701. The van der Waals surface area contributed by atoms with Gasteiger partial charge in [0.15, 0.2) is 0 Å². The van der Waals surface area contributed by atoms with Gasteiger partial charge in [0, 0.05) is 11.5 Å². The van der Waals surface area contributed by atoms with Gasteiger partial charge >= 0.3 is 5.97 Å². The number of hydrogen-bond donors (Lipinski definition) is 0. The maximum Gasteiger partial charge on any atom is 0.334 e. The van der Waals surface area contributed by atoms with Crippen molar-refractivity contribution in [3.63, 3.8) is 0 Å². The lowest BCUT2D eigenvalue weighted by atomic mass is 9.79. The minimum atomic E-state index is -0.167. The average molecular weight is 166 g/mol. The van der Waals surface area contributed by atoms with E-state index in [1.807, 2.05) is 0 Å². The number of esters is 1. The molecule has 0 aromatic carbocycles. The van der Waals surface area contributed by atoms with Crippen molar-refractivity contribution in [2.75, 3.05) is 0 Å². The standard InChI is InChI=1S/C10H14O2/c1-6-3-4-8-7(2)10(11)12-9(8)5-6/h6,8-9H,2-5H2,1H3/t6-,8+,9-/m0/s1. The molecule has 1 saturated carbocycles. The monoisotopic (exact) mass is 166 g/mol. The molecule has 2 rings (SSSR count). The van der Waals surface area contributed by atoms with Gasteiger partial charge in [-0.2, -0.15) is 0 Å². The Bertz CT molecular complexity index is 232. The molecule has 1 heterocycles. The quantitative estimate of drug-likeness (QED) is 0.406. The summed E-state index contributed by atoms with van der Waals surface area (Å²) in [5.74, 6) is 0.859. The zero-order valence-electron chi connectivity index (χ0n) is 7.38. The first kappa shape index (κ1) is 7.84. The van der Waals surface area contributed by atoms with Crippen molar-refractivity contribution in [2.24, 2.45) is 11.8 Å². The van der Waals surface area contributed by atoms with Crippen molar-refractivity contribution in [2.45, 2.75) is 32.3 Å². The van der Waals surface area contributed by atoms with Gasteiger partial charge in [0.2, 0.25) is 0 Å². The molecule has 1 aliphatic carbocycles. The SMILES string of the molecule is C=C1C(=O)O[C@H]2C[C@@H](C)CC[C@H]12. The highest BCUT2D eigenvalue weighted by Crippen LogP contribution is 2.39. The van der Waals surface area contributed by atoms with E-state index in [2.05, 4.69) is 13.5 Å². The summed E-state index contributed by atoms with van der Waals surface area (Å²) >= 11 is 0. The van der Waals surface area contributed by atoms with E-state index in [0.717, 1.165) is 12.8 Å². The minimum absolute atomic E-state index is 0.147. The van der Waals surface area contributed by atoms with E-state index in [1.165, 1.54) is 6.42 Å². The van der Waals surface area contributed by atoms with Crippen LogP contribution in [0.2, 0.25) is 0 Å². The number of carbonyl (C=O) groups is 1. The van der Waals surface area contributed by atoms with Crippen LogP contribution in [0, 0.1) is 11.8 Å². The molecule has 12 heavy (non-hydrogen) atoms. The first-order valence-electron chi connectivity index (χ1n) is 4.58. The number of fused-ring (bicyclic) bond motifs is 1. The predicted octanol–water partition coefficient (Wildman–Crippen LogP) is 1.90. The lowest BCUT2D eigenvalue weighted by Crippen LogP contribution is -2.25. The fraction of sp³-hybridized carbons (Fsp3) is 0.700. The molecule has 0 aromatic rings. The average Bonchev–Trinajstić information content (AvgIpc) is 2.28. The van der Waals surface area contributed by atoms with Crippen LogP contribution < -0.4 is 0 Å². The second-order valence-corrected chi connectivity index (χ2v) is 3.99. The van der Waals surface area contributed by atoms with Crippen molar-refractivity contribution in [3.8, 4) is 0 Å². The van der Waals surface area contributed by atoms with Crippen LogP contribution in [0.25, 0.3) is 0 Å². The molecule has 0 radical (unpaired) electrons. The van der Waals surface area contributed by atoms with Crippen LogP contribution >= 0.6 is 0 Å². The Morgan fingerprint density at radius 1 is 1.50 bits per heavy atom. The second-order valence-electron chi connectivity index (χ2n) is 3.99. The van der Waals surface area contributed by atoms with E-state index in [9.17, 15) is 4.79 Å². The third kappa shape index (κ3) is 1.06. The third-order valence-corrected chi connectivity index (χ3v) is 3.02. The largest absolute Gasteiger partial charge is 0.458 e. The Balaban J connectivity index is 2.14. The smallest absolute Gasteiger partial charge is 0.334 e. The Labute approximate surface area is 72.6 Å². The lowest BCUT2D eigenvalue weighted by Gasteiger charge is -2.27. The summed E-state index contributed by atoms with van der Waals surface area (Å²) in [5, 5.41) is 0. The van der Waals surface area contributed by atoms with E-state index < -0.39 is 0 Å². The Morgan fingerprint density at radius 3 is 3.00 bits per heavy atom. The van der Waals surface area contributed by atoms with Gasteiger partial charge in [0.1, 0.15) is 6.10 Å². The van der Waals surface area contributed by atoms with Crippen molar-refractivity contribution >= 4 is 5.97 Å². The zero-order chi connectivity index (χ0) is 8.72. The van der Waals surface area contributed by atoms with Gasteiger partial charge in [-0.1, -0.05) is 13.5 Å². The fourth-order valence-corrected chi connectivity index (χ4v) is 2.22. The molecular weight excluding hydrogens is 152 g/mol. The Morgan fingerprint density at radius 2 is 2.25 bits per heavy atom. The molecular formula is C10H14O2. The van der Waals surface area contributed by atoms with Crippen LogP contribution in [0.1, 0.15) is 26.2 Å². The van der Waals surface area contributed by atoms with Crippen LogP contribution in [-0.4, -0.2) is 12.1 Å². The summed E-state index contributed by atoms with van der Waals surface area (Å²) in [6.07, 6.45) is 3.46. The number of ether oxygens (including phenoxy) is 1. The molecule has 1 saturated heterocycles. The van der Waals surface area contributed by atoms with Crippen molar-refractivity contribution in [3.05, 3.63) is 12.2 Å². The first-order valence-corrected chi connectivity index (χ1v) is 4.58. The molecule has 0 spiro atoms. The second kappa shape index (κ2) is 2.61. The van der Waals surface area contributed by atoms with E-state index >= 15 is 0 Å². The molecule has 0 bridgehead atoms. The Hall–Kier alpha value is -0.790. The van der Waals surface area contributed by atoms with Gasteiger partial charge in [-0.05, 0) is 25.2 Å². The van der Waals surface area contributed by atoms with E-state index in [1.54, 1.807) is 0 Å². The van der Waals surface area contributed by atoms with Crippen LogP contribution in [0.5, 0.6) is 0 Å². The summed E-state index contributed by atoms with van der Waals surface area (Å²) < 4.78 is 5.21. The van der Waals surface area contributed by atoms with Crippen LogP contribution in [0.3, 0.4) is 0 Å². The lowest BCUT2D eigenvalue weighted by molar-refractivity contribution is -0.140. The van der Waals surface area contributed by atoms with Crippen LogP contribution in [0.4, 0.5) is 0 Å². The molecule has 66 valence electrons. The number of carbonyl (C=O) groups excluding carboxylic acids is 1. The highest BCUT2D eigenvalue weighted by atomic mass is 16.6. The predicted molar refractivity (Wildman–Crippen MR) is 45.5 cm³/mol. The van der Waals surface area contributed by atoms with Gasteiger partial charge in [-0.25, -0.2) is 4.79 Å². The molecule has 1 aliphatic heterocycles. The molecule has 0 unspecified atom stereocenters. The van der Waals surface area contributed by atoms with Crippen LogP contribution in [0.15, 0.2) is 12.2 Å². The summed E-state index contributed by atoms with van der Waals surface area (Å²) in [6, 6.07) is 0. The van der Waals surface area contributed by atoms with Gasteiger partial charge in [0.25, 0.3) is 0 Å². The minimum Gasteiger partial charge on any atom is -0.458 e. The molecule has 2 heteroatoms. The van der Waals surface area contributed by atoms with E-state index in [4.69, 9.17) is 4.74 Å². The van der Waals surface area contributed by atoms with Gasteiger partial charge in [0.05, 0.1) is 0 Å². The summed E-state index contributed by atoms with van der Waals surface area (Å²) in [6.45, 7) is 5.98. The zero-order valence-corrected chi connectivity index (χ0v) is 7.38. The fourth-order valence-electron chi connectivity index (χ4n) is 2.22. The van der Waals surface area contributed by atoms with Crippen molar-refractivity contribution in [1.29, 1.82) is 0 Å². The molecule has 2 fully saturated rings.